The van der Waals surface area contributed by atoms with Crippen LogP contribution >= 0.6 is 0 Å². The molecule has 0 amide bonds. The molecule has 0 aromatic carbocycles. The van der Waals surface area contributed by atoms with E-state index in [1.807, 2.05) is 51.4 Å². The summed E-state index contributed by atoms with van der Waals surface area (Å²) in [6, 6.07) is 5.62. The summed E-state index contributed by atoms with van der Waals surface area (Å²) in [6.07, 6.45) is 8.38. The Bertz CT molecular complexity index is 851. The Hall–Kier alpha value is -2.76. The van der Waals surface area contributed by atoms with Crippen LogP contribution < -0.4 is 0 Å². The monoisotopic (exact) mass is 295 g/mol. The molecule has 112 valence electrons. The molecule has 0 N–H and O–H groups in total. The van der Waals surface area contributed by atoms with Crippen LogP contribution in [0, 0.1) is 0 Å². The first-order valence-electron chi connectivity index (χ1n) is 7.03. The first-order valence-corrected chi connectivity index (χ1v) is 7.03. The molecule has 0 fully saturated rings. The van der Waals surface area contributed by atoms with Gasteiger partial charge in [-0.3, -0.25) is 4.79 Å². The first kappa shape index (κ1) is 14.2. The van der Waals surface area contributed by atoms with Crippen molar-refractivity contribution in [2.24, 2.45) is 0 Å². The van der Waals surface area contributed by atoms with Gasteiger partial charge in [-0.05, 0) is 45.1 Å². The van der Waals surface area contributed by atoms with Gasteiger partial charge in [-0.25, -0.2) is 9.20 Å². The van der Waals surface area contributed by atoms with Crippen molar-refractivity contribution in [1.29, 1.82) is 0 Å². The van der Waals surface area contributed by atoms with E-state index in [2.05, 4.69) is 15.4 Å². The third kappa shape index (κ3) is 2.67. The van der Waals surface area contributed by atoms with E-state index in [4.69, 9.17) is 0 Å². The van der Waals surface area contributed by atoms with Gasteiger partial charge in [0.1, 0.15) is 5.69 Å². The van der Waals surface area contributed by atoms with Crippen molar-refractivity contribution in [3.8, 4) is 0 Å². The van der Waals surface area contributed by atoms with E-state index >= 15 is 0 Å². The number of aromatic nitrogens is 5. The number of fused-ring (bicyclic) bond motifs is 1. The second kappa shape index (κ2) is 5.22. The minimum atomic E-state index is -0.133. The van der Waals surface area contributed by atoms with Crippen LogP contribution in [-0.2, 0) is 5.54 Å². The molecule has 3 rings (SSSR count). The van der Waals surface area contributed by atoms with Crippen LogP contribution in [0.2, 0.25) is 0 Å². The Morgan fingerprint density at radius 1 is 1.27 bits per heavy atom. The zero-order valence-corrected chi connectivity index (χ0v) is 12.8. The molecular weight excluding hydrogens is 278 g/mol. The largest absolute Gasteiger partial charge is 0.289 e. The highest BCUT2D eigenvalue weighted by Crippen LogP contribution is 2.14. The van der Waals surface area contributed by atoms with Gasteiger partial charge in [0.15, 0.2) is 5.78 Å². The maximum atomic E-state index is 12.3. The lowest BCUT2D eigenvalue weighted by Crippen LogP contribution is -2.22. The van der Waals surface area contributed by atoms with Crippen LogP contribution in [0.4, 0.5) is 0 Å². The molecule has 6 nitrogen and oxygen atoms in total. The third-order valence-corrected chi connectivity index (χ3v) is 3.30. The minimum Gasteiger partial charge on any atom is -0.289 e. The molecule has 0 aliphatic rings. The van der Waals surface area contributed by atoms with Gasteiger partial charge in [-0.15, -0.1) is 5.10 Å². The molecule has 3 aromatic rings. The lowest BCUT2D eigenvalue weighted by Gasteiger charge is -2.17. The zero-order valence-electron chi connectivity index (χ0n) is 12.8. The predicted octanol–water partition coefficient (Wildman–Crippen LogP) is 2.58. The minimum absolute atomic E-state index is 0.105. The molecule has 0 radical (unpaired) electrons. The Labute approximate surface area is 128 Å². The summed E-state index contributed by atoms with van der Waals surface area (Å²) in [7, 11) is 0. The van der Waals surface area contributed by atoms with Crippen LogP contribution in [-0.4, -0.2) is 30.4 Å². The Kier molecular flexibility index (Phi) is 3.36. The first-order chi connectivity index (χ1) is 10.4. The summed E-state index contributed by atoms with van der Waals surface area (Å²) < 4.78 is 3.45. The molecule has 6 heteroatoms. The third-order valence-electron chi connectivity index (χ3n) is 3.30. The van der Waals surface area contributed by atoms with Crippen molar-refractivity contribution in [3.63, 3.8) is 0 Å². The van der Waals surface area contributed by atoms with Gasteiger partial charge in [0.05, 0.1) is 29.0 Å². The highest BCUT2D eigenvalue weighted by molar-refractivity contribution is 6.10. The van der Waals surface area contributed by atoms with E-state index in [1.165, 1.54) is 6.08 Å². The van der Waals surface area contributed by atoms with Gasteiger partial charge >= 0.3 is 0 Å². The van der Waals surface area contributed by atoms with E-state index < -0.39 is 0 Å². The molecule has 0 aliphatic carbocycles. The lowest BCUT2D eigenvalue weighted by molar-refractivity contribution is 0.104. The van der Waals surface area contributed by atoms with Crippen LogP contribution in [0.25, 0.3) is 11.6 Å². The summed E-state index contributed by atoms with van der Waals surface area (Å²) in [5, 5.41) is 12.3. The van der Waals surface area contributed by atoms with Crippen molar-refractivity contribution in [3.05, 3.63) is 54.1 Å². The van der Waals surface area contributed by atoms with Crippen molar-refractivity contribution >= 4 is 17.4 Å². The van der Waals surface area contributed by atoms with Crippen molar-refractivity contribution in [2.45, 2.75) is 26.3 Å². The Morgan fingerprint density at radius 2 is 2.09 bits per heavy atom. The van der Waals surface area contributed by atoms with E-state index in [9.17, 15) is 4.79 Å². The van der Waals surface area contributed by atoms with Gasteiger partial charge in [0.25, 0.3) is 0 Å². The number of allylic oxidation sites excluding steroid dienone is 1. The maximum Gasteiger partial charge on any atom is 0.189 e. The van der Waals surface area contributed by atoms with Crippen LogP contribution in [0.5, 0.6) is 0 Å². The van der Waals surface area contributed by atoms with Gasteiger partial charge in [0.2, 0.25) is 0 Å². The molecule has 0 spiro atoms. The number of hydrogen-bond acceptors (Lipinski definition) is 4. The average molecular weight is 295 g/mol. The summed E-state index contributed by atoms with van der Waals surface area (Å²) >= 11 is 0. The number of pyridine rings is 1. The molecular formula is C16H17N5O. The molecule has 0 aliphatic heterocycles. The molecule has 3 heterocycles. The number of carbonyl (C=O) groups excluding carboxylic acids is 1. The van der Waals surface area contributed by atoms with Gasteiger partial charge < -0.3 is 0 Å². The Morgan fingerprint density at radius 3 is 2.82 bits per heavy atom. The van der Waals surface area contributed by atoms with E-state index in [1.54, 1.807) is 21.5 Å². The molecule has 0 saturated carbocycles. The summed E-state index contributed by atoms with van der Waals surface area (Å²) in [5.41, 5.74) is 1.88. The van der Waals surface area contributed by atoms with E-state index in [0.29, 0.717) is 11.3 Å². The summed E-state index contributed by atoms with van der Waals surface area (Å²) in [4.78, 5) is 12.3. The van der Waals surface area contributed by atoms with Crippen molar-refractivity contribution in [2.75, 3.05) is 0 Å². The van der Waals surface area contributed by atoms with Crippen LogP contribution in [0.3, 0.4) is 0 Å². The van der Waals surface area contributed by atoms with Crippen LogP contribution in [0.1, 0.15) is 36.8 Å². The molecule has 0 bridgehead atoms. The fourth-order valence-electron chi connectivity index (χ4n) is 2.06. The van der Waals surface area contributed by atoms with Gasteiger partial charge in [-0.1, -0.05) is 11.3 Å². The van der Waals surface area contributed by atoms with Crippen LogP contribution in [0.15, 0.2) is 42.9 Å². The van der Waals surface area contributed by atoms with E-state index in [-0.39, 0.29) is 11.3 Å². The Balaban J connectivity index is 1.83. The molecule has 3 aromatic heterocycles. The molecule has 0 saturated heterocycles. The summed E-state index contributed by atoms with van der Waals surface area (Å²) in [5.74, 6) is -0.105. The molecule has 22 heavy (non-hydrogen) atoms. The highest BCUT2D eigenvalue weighted by Gasteiger charge is 2.14. The topological polar surface area (TPSA) is 65.1 Å². The molecule has 0 atom stereocenters. The highest BCUT2D eigenvalue weighted by atomic mass is 16.1. The lowest BCUT2D eigenvalue weighted by atomic mass is 10.1. The normalized spacial score (nSPS) is 12.3. The number of hydrogen-bond donors (Lipinski definition) is 0. The van der Waals surface area contributed by atoms with Gasteiger partial charge in [0, 0.05) is 6.20 Å². The SMILES string of the molecule is CC(C)(C)n1cc(C=CC(=O)c2cnn3ccccc23)nn1. The predicted molar refractivity (Wildman–Crippen MR) is 83.6 cm³/mol. The fourth-order valence-corrected chi connectivity index (χ4v) is 2.06. The quantitative estimate of drug-likeness (QED) is 0.550. The van der Waals surface area contributed by atoms with Crippen molar-refractivity contribution < 1.29 is 4.79 Å². The maximum absolute atomic E-state index is 12.3. The van der Waals surface area contributed by atoms with Crippen molar-refractivity contribution in [1.82, 2.24) is 24.6 Å². The fraction of sp³-hybridized carbons (Fsp3) is 0.250. The van der Waals surface area contributed by atoms with Gasteiger partial charge in [-0.2, -0.15) is 5.10 Å². The average Bonchev–Trinajstić information content (AvgIpc) is 3.11. The molecule has 0 unspecified atom stereocenters. The number of ketones is 1. The zero-order chi connectivity index (χ0) is 15.7. The number of rotatable bonds is 3. The smallest absolute Gasteiger partial charge is 0.189 e. The number of nitrogens with zero attached hydrogens (tertiary/aromatic N) is 5. The van der Waals surface area contributed by atoms with E-state index in [0.717, 1.165) is 5.52 Å². The second-order valence-corrected chi connectivity index (χ2v) is 6.05. The summed E-state index contributed by atoms with van der Waals surface area (Å²) in [6.45, 7) is 6.12. The standard InChI is InChI=1S/C16H17N5O/c1-16(2,3)21-11-12(18-19-21)7-8-15(22)13-10-17-20-9-5-4-6-14(13)20/h4-11H,1-3H3. The second-order valence-electron chi connectivity index (χ2n) is 6.05. The number of carbonyl (C=O) groups is 1.